The van der Waals surface area contributed by atoms with Gasteiger partial charge in [0, 0.05) is 12.0 Å². The Bertz CT molecular complexity index is 1010. The Hall–Kier alpha value is -2.81. The van der Waals surface area contributed by atoms with Gasteiger partial charge in [-0.1, -0.05) is 18.2 Å². The van der Waals surface area contributed by atoms with Gasteiger partial charge < -0.3 is 14.2 Å². The van der Waals surface area contributed by atoms with Crippen LogP contribution in [0.1, 0.15) is 66.4 Å². The minimum Gasteiger partial charge on any atom is -0.467 e. The maximum absolute atomic E-state index is 13.7. The fourth-order valence-corrected chi connectivity index (χ4v) is 5.63. The number of anilines is 1. The molecular weight excluding hydrogens is 450 g/mol. The van der Waals surface area contributed by atoms with Crippen LogP contribution in [0.3, 0.4) is 0 Å². The van der Waals surface area contributed by atoms with Crippen LogP contribution in [0.2, 0.25) is 0 Å². The highest BCUT2D eigenvalue weighted by molar-refractivity contribution is 5.95. The number of fused-ring (bicyclic) bond motifs is 3. The maximum Gasteiger partial charge on any atom is 0.416 e. The molecule has 0 N–H and O–H groups in total. The molecule has 1 aromatic rings. The van der Waals surface area contributed by atoms with Gasteiger partial charge in [-0.15, -0.1) is 0 Å². The van der Waals surface area contributed by atoms with Crippen molar-refractivity contribution in [3.63, 3.8) is 0 Å². The molecule has 1 aromatic carbocycles. The van der Waals surface area contributed by atoms with E-state index in [4.69, 9.17) is 14.2 Å². The standard InChI is InChI=1S/C26H37N3O6/c1-24(2,3)34-22(31)28-18-13-9-8-12-17(18)26(27-14-10-11-15-27)16-19(20(30)33-7)29(21(26)28)23(32)35-25(4,5)6/h8-9,12-13,19,21H,10-11,14-16H2,1-7H3/t19-,21+,26-/m1/s1. The van der Waals surface area contributed by atoms with Gasteiger partial charge in [0.05, 0.1) is 18.3 Å². The predicted octanol–water partition coefficient (Wildman–Crippen LogP) is 4.24. The number of para-hydroxylation sites is 1. The molecule has 9 heteroatoms. The number of hydrogen-bond acceptors (Lipinski definition) is 7. The molecule has 192 valence electrons. The molecule has 3 heterocycles. The fourth-order valence-electron chi connectivity index (χ4n) is 5.63. The number of likely N-dealkylation sites (tertiary alicyclic amines) is 2. The second-order valence-electron chi connectivity index (χ2n) is 11.5. The van der Waals surface area contributed by atoms with E-state index < -0.39 is 47.1 Å². The average molecular weight is 488 g/mol. The van der Waals surface area contributed by atoms with Gasteiger partial charge in [-0.25, -0.2) is 14.4 Å². The second kappa shape index (κ2) is 8.69. The van der Waals surface area contributed by atoms with Crippen LogP contribution in [0, 0.1) is 0 Å². The van der Waals surface area contributed by atoms with Gasteiger partial charge in [-0.3, -0.25) is 14.7 Å². The van der Waals surface area contributed by atoms with E-state index in [1.165, 1.54) is 16.9 Å². The minimum absolute atomic E-state index is 0.292. The number of nitrogens with zero attached hydrogens (tertiary/aromatic N) is 3. The van der Waals surface area contributed by atoms with Gasteiger partial charge in [0.15, 0.2) is 0 Å². The quantitative estimate of drug-likeness (QED) is 0.455. The van der Waals surface area contributed by atoms with E-state index >= 15 is 0 Å². The number of carbonyl (C=O) groups is 3. The number of amides is 2. The zero-order valence-corrected chi connectivity index (χ0v) is 21.8. The third-order valence-electron chi connectivity index (χ3n) is 6.74. The number of hydrogen-bond donors (Lipinski definition) is 0. The van der Waals surface area contributed by atoms with Crippen LogP contribution < -0.4 is 4.90 Å². The summed E-state index contributed by atoms with van der Waals surface area (Å²) in [4.78, 5) is 45.7. The van der Waals surface area contributed by atoms with E-state index in [0.29, 0.717) is 12.1 Å². The third kappa shape index (κ3) is 4.35. The first-order valence-electron chi connectivity index (χ1n) is 12.3. The number of methoxy groups -OCH3 is 1. The van der Waals surface area contributed by atoms with Gasteiger partial charge in [-0.05, 0) is 73.5 Å². The molecule has 0 saturated carbocycles. The van der Waals surface area contributed by atoms with Crippen LogP contribution in [-0.4, -0.2) is 71.6 Å². The maximum atomic E-state index is 13.7. The van der Waals surface area contributed by atoms with Crippen molar-refractivity contribution >= 4 is 23.8 Å². The van der Waals surface area contributed by atoms with Crippen molar-refractivity contribution in [1.82, 2.24) is 9.80 Å². The van der Waals surface area contributed by atoms with Gasteiger partial charge >= 0.3 is 18.2 Å². The monoisotopic (exact) mass is 487 g/mol. The van der Waals surface area contributed by atoms with Crippen molar-refractivity contribution in [2.45, 2.75) is 89.8 Å². The summed E-state index contributed by atoms with van der Waals surface area (Å²) in [6.07, 6.45) is 0.221. The summed E-state index contributed by atoms with van der Waals surface area (Å²) in [5, 5.41) is 0. The summed E-state index contributed by atoms with van der Waals surface area (Å²) in [5.41, 5.74) is -0.756. The highest BCUT2D eigenvalue weighted by Gasteiger charge is 2.68. The summed E-state index contributed by atoms with van der Waals surface area (Å²) in [5.74, 6) is -0.537. The first-order chi connectivity index (χ1) is 16.3. The Balaban J connectivity index is 1.93. The Morgan fingerprint density at radius 2 is 1.49 bits per heavy atom. The fraction of sp³-hybridized carbons (Fsp3) is 0.654. The third-order valence-corrected chi connectivity index (χ3v) is 6.74. The number of rotatable bonds is 2. The number of benzene rings is 1. The van der Waals surface area contributed by atoms with Crippen molar-refractivity contribution in [3.8, 4) is 0 Å². The molecule has 2 fully saturated rings. The van der Waals surface area contributed by atoms with Crippen molar-refractivity contribution in [1.29, 1.82) is 0 Å². The molecule has 0 spiro atoms. The lowest BCUT2D eigenvalue weighted by molar-refractivity contribution is -0.146. The number of carbonyl (C=O) groups excluding carboxylic acids is 3. The van der Waals surface area contributed by atoms with Gasteiger partial charge in [0.25, 0.3) is 0 Å². The summed E-state index contributed by atoms with van der Waals surface area (Å²) in [6, 6.07) is 6.73. The Kier molecular flexibility index (Phi) is 6.28. The first kappa shape index (κ1) is 25.3. The predicted molar refractivity (Wildman–Crippen MR) is 130 cm³/mol. The van der Waals surface area contributed by atoms with Gasteiger partial charge in [0.1, 0.15) is 23.4 Å². The van der Waals surface area contributed by atoms with E-state index in [-0.39, 0.29) is 0 Å². The average Bonchev–Trinajstić information content (AvgIpc) is 3.43. The summed E-state index contributed by atoms with van der Waals surface area (Å²) < 4.78 is 16.7. The normalized spacial score (nSPS) is 26.4. The lowest BCUT2D eigenvalue weighted by Crippen LogP contribution is -2.61. The Morgan fingerprint density at radius 1 is 0.914 bits per heavy atom. The van der Waals surface area contributed by atoms with Gasteiger partial charge in [0.2, 0.25) is 0 Å². The van der Waals surface area contributed by atoms with Crippen LogP contribution >= 0.6 is 0 Å². The summed E-state index contributed by atoms with van der Waals surface area (Å²) >= 11 is 0. The largest absolute Gasteiger partial charge is 0.467 e. The van der Waals surface area contributed by atoms with Crippen molar-refractivity contribution in [2.24, 2.45) is 0 Å². The SMILES string of the molecule is COC(=O)[C@H]1C[C@@]2(N3CCCC3)c3ccccc3N(C(=O)OC(C)(C)C)[C@H]2N1C(=O)OC(C)(C)C. The van der Waals surface area contributed by atoms with Crippen LogP contribution in [0.5, 0.6) is 0 Å². The zero-order valence-electron chi connectivity index (χ0n) is 21.8. The molecule has 9 nitrogen and oxygen atoms in total. The zero-order chi connectivity index (χ0) is 25.8. The van der Waals surface area contributed by atoms with E-state index in [2.05, 4.69) is 4.90 Å². The molecule has 2 amide bonds. The molecule has 0 unspecified atom stereocenters. The molecule has 0 aromatic heterocycles. The molecular formula is C26H37N3O6. The van der Waals surface area contributed by atoms with E-state index in [1.807, 2.05) is 24.3 Å². The number of ether oxygens (including phenoxy) is 3. The molecule has 3 atom stereocenters. The Labute approximate surface area is 207 Å². The molecule has 0 bridgehead atoms. The topological polar surface area (TPSA) is 88.6 Å². The van der Waals surface area contributed by atoms with Crippen molar-refractivity contribution in [2.75, 3.05) is 25.1 Å². The molecule has 2 saturated heterocycles. The van der Waals surface area contributed by atoms with Crippen molar-refractivity contribution < 1.29 is 28.6 Å². The molecule has 3 aliphatic rings. The van der Waals surface area contributed by atoms with Crippen LogP contribution in [0.15, 0.2) is 24.3 Å². The Morgan fingerprint density at radius 3 is 2.06 bits per heavy atom. The molecule has 35 heavy (non-hydrogen) atoms. The van der Waals surface area contributed by atoms with Crippen molar-refractivity contribution in [3.05, 3.63) is 29.8 Å². The van der Waals surface area contributed by atoms with Crippen LogP contribution in [-0.2, 0) is 24.5 Å². The van der Waals surface area contributed by atoms with Crippen LogP contribution in [0.4, 0.5) is 15.3 Å². The first-order valence-corrected chi connectivity index (χ1v) is 12.3. The second-order valence-corrected chi connectivity index (χ2v) is 11.5. The lowest BCUT2D eigenvalue weighted by atomic mass is 9.85. The highest BCUT2D eigenvalue weighted by Crippen LogP contribution is 2.57. The lowest BCUT2D eigenvalue weighted by Gasteiger charge is -2.42. The van der Waals surface area contributed by atoms with E-state index in [0.717, 1.165) is 31.5 Å². The van der Waals surface area contributed by atoms with Crippen LogP contribution in [0.25, 0.3) is 0 Å². The van der Waals surface area contributed by atoms with E-state index in [1.54, 1.807) is 41.5 Å². The number of esters is 1. The summed E-state index contributed by atoms with van der Waals surface area (Å²) in [6.45, 7) is 12.3. The smallest absolute Gasteiger partial charge is 0.416 e. The summed E-state index contributed by atoms with van der Waals surface area (Å²) in [7, 11) is 1.31. The molecule has 3 aliphatic heterocycles. The molecule has 0 aliphatic carbocycles. The van der Waals surface area contributed by atoms with E-state index in [9.17, 15) is 14.4 Å². The minimum atomic E-state index is -0.918. The molecule has 4 rings (SSSR count). The van der Waals surface area contributed by atoms with Gasteiger partial charge in [-0.2, -0.15) is 0 Å². The highest BCUT2D eigenvalue weighted by atomic mass is 16.6. The molecule has 0 radical (unpaired) electrons.